The van der Waals surface area contributed by atoms with Gasteiger partial charge in [-0.3, -0.25) is 4.79 Å². The molecule has 0 saturated carbocycles. The van der Waals surface area contributed by atoms with Crippen LogP contribution in [0.25, 0.3) is 0 Å². The van der Waals surface area contributed by atoms with Gasteiger partial charge in [0.25, 0.3) is 0 Å². The van der Waals surface area contributed by atoms with Crippen LogP contribution in [0.1, 0.15) is 20.3 Å². The predicted molar refractivity (Wildman–Crippen MR) is 40.9 cm³/mol. The van der Waals surface area contributed by atoms with Crippen LogP contribution in [0, 0.1) is 0 Å². The Kier molecular flexibility index (Phi) is 11.6. The van der Waals surface area contributed by atoms with Crippen LogP contribution in [-0.2, 0) is 21.8 Å². The minimum absolute atomic E-state index is 0.0648. The Morgan fingerprint density at radius 3 is 2.10 bits per heavy atom. The maximum atomic E-state index is 10.5. The fraction of sp³-hybridized carbons (Fsp3) is 0.714. The van der Waals surface area contributed by atoms with E-state index >= 15 is 0 Å². The fourth-order valence-electron chi connectivity index (χ4n) is 0.695. The van der Waals surface area contributed by atoms with Crippen molar-refractivity contribution in [2.45, 2.75) is 26.3 Å². The van der Waals surface area contributed by atoms with Crippen molar-refractivity contribution in [2.24, 2.45) is 0 Å². The second kappa shape index (κ2) is 9.08. The number of carbonyl (C=O) groups excluding carboxylic acids is 1. The zero-order valence-corrected chi connectivity index (χ0v) is 8.24. The van der Waals surface area contributed by atoms with Crippen molar-refractivity contribution < 1.29 is 21.8 Å². The van der Waals surface area contributed by atoms with E-state index in [2.05, 4.69) is 27.5 Å². The Balaban J connectivity index is 0. The second-order valence-electron chi connectivity index (χ2n) is 1.86. The monoisotopic (exact) mass is 180 g/mol. The normalized spacial score (nSPS) is 11.0. The molecule has 59 valence electrons. The third-order valence-corrected chi connectivity index (χ3v) is 1.25. The molecule has 0 aromatic carbocycles. The van der Waals surface area contributed by atoms with Gasteiger partial charge in [-0.15, -0.1) is 0 Å². The molecule has 0 spiro atoms. The van der Waals surface area contributed by atoms with E-state index in [1.165, 1.54) is 0 Å². The van der Waals surface area contributed by atoms with Crippen LogP contribution in [-0.4, -0.2) is 24.1 Å². The van der Waals surface area contributed by atoms with Crippen LogP contribution in [0.15, 0.2) is 0 Å². The van der Waals surface area contributed by atoms with Gasteiger partial charge in [0.1, 0.15) is 5.78 Å². The summed E-state index contributed by atoms with van der Waals surface area (Å²) in [6.45, 7) is 3.59. The molecule has 0 aliphatic heterocycles. The molecule has 0 radical (unpaired) electrons. The van der Waals surface area contributed by atoms with Crippen LogP contribution in [0.2, 0.25) is 0 Å². The van der Waals surface area contributed by atoms with Gasteiger partial charge in [0, 0.05) is 0 Å². The predicted octanol–water partition coefficient (Wildman–Crippen LogP) is 0.539. The molecule has 0 amide bonds. The number of hydrogen-bond acceptors (Lipinski definition) is 2. The molecule has 0 fully saturated rings. The van der Waals surface area contributed by atoms with Gasteiger partial charge in [0.2, 0.25) is 0 Å². The SMILES string of the molecule is CC[C@H](NC)C(C)=O.[CH2]=[V]. The van der Waals surface area contributed by atoms with Gasteiger partial charge in [-0.1, -0.05) is 6.92 Å². The molecule has 10 heavy (non-hydrogen) atoms. The molecule has 0 aromatic rings. The average molecular weight is 180 g/mol. The maximum absolute atomic E-state index is 10.5. The first kappa shape index (κ1) is 12.7. The number of Topliss-reactive ketones (excluding diaryl/α,β-unsaturated/α-hetero) is 1. The van der Waals surface area contributed by atoms with Gasteiger partial charge in [-0.2, -0.15) is 0 Å². The van der Waals surface area contributed by atoms with Gasteiger partial charge in [-0.05, 0) is 20.4 Å². The summed E-state index contributed by atoms with van der Waals surface area (Å²) in [7, 11) is 1.80. The summed E-state index contributed by atoms with van der Waals surface area (Å²) in [6.07, 6.45) is 0.881. The van der Waals surface area contributed by atoms with Gasteiger partial charge < -0.3 is 5.32 Å². The minimum atomic E-state index is 0.0648. The van der Waals surface area contributed by atoms with Crippen molar-refractivity contribution in [2.75, 3.05) is 7.05 Å². The van der Waals surface area contributed by atoms with Crippen molar-refractivity contribution in [1.29, 1.82) is 0 Å². The molecule has 0 unspecified atom stereocenters. The third-order valence-electron chi connectivity index (χ3n) is 1.25. The quantitative estimate of drug-likeness (QED) is 0.686. The number of carbonyl (C=O) groups is 1. The molecular formula is C7H15NOV. The van der Waals surface area contributed by atoms with E-state index in [1.807, 2.05) is 6.92 Å². The van der Waals surface area contributed by atoms with Crippen molar-refractivity contribution in [3.8, 4) is 0 Å². The zero-order valence-electron chi connectivity index (χ0n) is 6.85. The first-order valence-electron chi connectivity index (χ1n) is 3.21. The number of hydrogen-bond donors (Lipinski definition) is 1. The molecule has 0 heterocycles. The molecule has 0 aliphatic carbocycles. The summed E-state index contributed by atoms with van der Waals surface area (Å²) in [6, 6.07) is 0.0648. The van der Waals surface area contributed by atoms with Crippen molar-refractivity contribution in [3.05, 3.63) is 0 Å². The van der Waals surface area contributed by atoms with E-state index in [0.29, 0.717) is 0 Å². The van der Waals surface area contributed by atoms with Gasteiger partial charge in [0.05, 0.1) is 6.04 Å². The molecule has 0 saturated heterocycles. The number of likely N-dealkylation sites (N-methyl/N-ethyl adjacent to an activating group) is 1. The van der Waals surface area contributed by atoms with E-state index in [4.69, 9.17) is 0 Å². The first-order chi connectivity index (χ1) is 4.72. The Morgan fingerprint density at radius 1 is 1.70 bits per heavy atom. The van der Waals surface area contributed by atoms with Gasteiger partial charge in [-0.25, -0.2) is 0 Å². The van der Waals surface area contributed by atoms with Crippen LogP contribution >= 0.6 is 0 Å². The number of ketones is 1. The summed E-state index contributed by atoms with van der Waals surface area (Å²) in [5, 5.41) is 6.09. The Bertz CT molecular complexity index is 91.6. The molecule has 0 aromatic heterocycles. The van der Waals surface area contributed by atoms with Gasteiger partial charge >= 0.3 is 22.2 Å². The second-order valence-corrected chi connectivity index (χ2v) is 1.86. The van der Waals surface area contributed by atoms with E-state index in [0.717, 1.165) is 6.42 Å². The Morgan fingerprint density at radius 2 is 2.10 bits per heavy atom. The van der Waals surface area contributed by atoms with Crippen LogP contribution in [0.3, 0.4) is 0 Å². The van der Waals surface area contributed by atoms with Crippen LogP contribution < -0.4 is 5.32 Å². The summed E-state index contributed by atoms with van der Waals surface area (Å²) in [5.74, 6) is 0.218. The van der Waals surface area contributed by atoms with E-state index in [1.54, 1.807) is 14.0 Å². The molecule has 1 N–H and O–H groups in total. The Labute approximate surface area is 71.9 Å². The fourth-order valence-corrected chi connectivity index (χ4v) is 0.695. The Hall–Kier alpha value is 0.0844. The summed E-state index contributed by atoms with van der Waals surface area (Å²) >= 11 is 2.06. The van der Waals surface area contributed by atoms with Crippen LogP contribution in [0.5, 0.6) is 0 Å². The number of rotatable bonds is 3. The molecule has 0 aliphatic rings. The third kappa shape index (κ3) is 6.21. The molecule has 3 heteroatoms. The average Bonchev–Trinajstić information content (AvgIpc) is 1.94. The van der Waals surface area contributed by atoms with E-state index in [-0.39, 0.29) is 11.8 Å². The molecule has 1 atom stereocenters. The molecular weight excluding hydrogens is 165 g/mol. The zero-order chi connectivity index (χ0) is 8.57. The van der Waals surface area contributed by atoms with Crippen molar-refractivity contribution in [1.82, 2.24) is 5.32 Å². The molecule has 2 nitrogen and oxygen atoms in total. The van der Waals surface area contributed by atoms with E-state index in [9.17, 15) is 4.79 Å². The van der Waals surface area contributed by atoms with Crippen molar-refractivity contribution in [3.63, 3.8) is 0 Å². The first-order valence-corrected chi connectivity index (χ1v) is 4.20. The van der Waals surface area contributed by atoms with Crippen LogP contribution in [0.4, 0.5) is 0 Å². The summed E-state index contributed by atoms with van der Waals surface area (Å²) in [4.78, 5) is 10.5. The standard InChI is InChI=1S/C6H13NO.CH2.V/c1-4-6(7-3)5(2)8;;/h6-7H,4H2,1-3H3;1H2;/t6-;;/m0../s1. The van der Waals surface area contributed by atoms with E-state index < -0.39 is 0 Å². The topological polar surface area (TPSA) is 29.1 Å². The summed E-state index contributed by atoms with van der Waals surface area (Å²) < 4.78 is 0. The summed E-state index contributed by atoms with van der Waals surface area (Å²) in [5.41, 5.74) is 0. The number of nitrogens with one attached hydrogen (secondary N) is 1. The molecule has 0 rings (SSSR count). The van der Waals surface area contributed by atoms with Crippen molar-refractivity contribution >= 4 is 11.0 Å². The molecule has 0 bridgehead atoms. The van der Waals surface area contributed by atoms with Gasteiger partial charge in [0.15, 0.2) is 0 Å².